The van der Waals surface area contributed by atoms with Crippen LogP contribution in [0.5, 0.6) is 5.75 Å². The van der Waals surface area contributed by atoms with E-state index < -0.39 is 17.7 Å². The summed E-state index contributed by atoms with van der Waals surface area (Å²) < 4.78 is 6.06. The maximum atomic E-state index is 11.9. The summed E-state index contributed by atoms with van der Waals surface area (Å²) in [5.41, 5.74) is 8.48. The first-order valence-electron chi connectivity index (χ1n) is 8.34. The van der Waals surface area contributed by atoms with Gasteiger partial charge in [-0.25, -0.2) is 0 Å². The summed E-state index contributed by atoms with van der Waals surface area (Å²) in [6, 6.07) is 12.8. The van der Waals surface area contributed by atoms with Gasteiger partial charge in [-0.1, -0.05) is 42.5 Å². The SMILES string of the molecule is CC(=O)c1cc(/C=C/c2ccccc2)c2c(c1)C(N)C(O)C(C)(C)O2. The van der Waals surface area contributed by atoms with Crippen molar-refractivity contribution in [3.8, 4) is 5.75 Å². The first-order valence-corrected chi connectivity index (χ1v) is 8.34. The van der Waals surface area contributed by atoms with Crippen LogP contribution >= 0.6 is 0 Å². The summed E-state index contributed by atoms with van der Waals surface area (Å²) in [7, 11) is 0. The summed E-state index contributed by atoms with van der Waals surface area (Å²) in [5.74, 6) is 0.573. The fourth-order valence-electron chi connectivity index (χ4n) is 3.04. The van der Waals surface area contributed by atoms with Crippen molar-refractivity contribution in [2.45, 2.75) is 38.5 Å². The number of rotatable bonds is 3. The van der Waals surface area contributed by atoms with Crippen LogP contribution in [0.4, 0.5) is 0 Å². The maximum Gasteiger partial charge on any atom is 0.159 e. The molecule has 2 atom stereocenters. The van der Waals surface area contributed by atoms with Crippen molar-refractivity contribution < 1.29 is 14.6 Å². The fraction of sp³-hybridized carbons (Fsp3) is 0.286. The highest BCUT2D eigenvalue weighted by Gasteiger charge is 2.42. The Labute approximate surface area is 147 Å². The number of nitrogens with two attached hydrogens (primary N) is 1. The van der Waals surface area contributed by atoms with Gasteiger partial charge in [-0.15, -0.1) is 0 Å². The molecule has 1 aliphatic rings. The Morgan fingerprint density at radius 1 is 1.20 bits per heavy atom. The van der Waals surface area contributed by atoms with Crippen LogP contribution < -0.4 is 10.5 Å². The largest absolute Gasteiger partial charge is 0.484 e. The van der Waals surface area contributed by atoms with Crippen LogP contribution in [0.3, 0.4) is 0 Å². The Kier molecular flexibility index (Phi) is 4.50. The molecule has 2 unspecified atom stereocenters. The van der Waals surface area contributed by atoms with Gasteiger partial charge in [0.05, 0.1) is 6.04 Å². The summed E-state index contributed by atoms with van der Waals surface area (Å²) in [6.45, 7) is 5.13. The summed E-state index contributed by atoms with van der Waals surface area (Å²) in [4.78, 5) is 11.9. The number of aliphatic hydroxyl groups is 1. The van der Waals surface area contributed by atoms with Crippen molar-refractivity contribution in [3.63, 3.8) is 0 Å². The number of ketones is 1. The lowest BCUT2D eigenvalue weighted by Gasteiger charge is -2.41. The minimum atomic E-state index is -0.854. The molecule has 0 amide bonds. The lowest BCUT2D eigenvalue weighted by Crippen LogP contribution is -2.51. The molecule has 0 fully saturated rings. The van der Waals surface area contributed by atoms with E-state index in [-0.39, 0.29) is 5.78 Å². The van der Waals surface area contributed by atoms with Crippen molar-refractivity contribution in [2.24, 2.45) is 5.73 Å². The second-order valence-electron chi connectivity index (χ2n) is 6.96. The van der Waals surface area contributed by atoms with Crippen molar-refractivity contribution in [1.82, 2.24) is 0 Å². The quantitative estimate of drug-likeness (QED) is 0.663. The third-order valence-electron chi connectivity index (χ3n) is 4.58. The van der Waals surface area contributed by atoms with E-state index in [0.717, 1.165) is 11.1 Å². The van der Waals surface area contributed by atoms with Crippen molar-refractivity contribution in [1.29, 1.82) is 0 Å². The smallest absolute Gasteiger partial charge is 0.159 e. The predicted molar refractivity (Wildman–Crippen MR) is 99.5 cm³/mol. The van der Waals surface area contributed by atoms with Crippen LogP contribution in [0.25, 0.3) is 12.2 Å². The fourth-order valence-corrected chi connectivity index (χ4v) is 3.04. The minimum Gasteiger partial charge on any atom is -0.484 e. The standard InChI is InChI=1S/C21H23NO3/c1-13(23)16-11-15(10-9-14-7-5-4-6-8-14)19-17(12-16)18(22)20(24)21(2,3)25-19/h4-12,18,20,24H,22H2,1-3H3/b10-9+. The van der Waals surface area contributed by atoms with Crippen LogP contribution in [0.1, 0.15) is 53.9 Å². The average molecular weight is 337 g/mol. The predicted octanol–water partition coefficient (Wildman–Crippen LogP) is 3.59. The molecule has 130 valence electrons. The zero-order valence-corrected chi connectivity index (χ0v) is 14.7. The molecule has 25 heavy (non-hydrogen) atoms. The molecule has 3 N–H and O–H groups in total. The molecule has 0 aliphatic carbocycles. The number of hydrogen-bond donors (Lipinski definition) is 2. The maximum absolute atomic E-state index is 11.9. The number of hydrogen-bond acceptors (Lipinski definition) is 4. The van der Waals surface area contributed by atoms with Gasteiger partial charge in [-0.2, -0.15) is 0 Å². The molecular formula is C21H23NO3. The highest BCUT2D eigenvalue weighted by atomic mass is 16.5. The number of aliphatic hydroxyl groups excluding tert-OH is 1. The van der Waals surface area contributed by atoms with Gasteiger partial charge in [0.15, 0.2) is 5.78 Å². The topological polar surface area (TPSA) is 72.6 Å². The van der Waals surface area contributed by atoms with E-state index >= 15 is 0 Å². The lowest BCUT2D eigenvalue weighted by molar-refractivity contribution is -0.0573. The van der Waals surface area contributed by atoms with Gasteiger partial charge in [-0.3, -0.25) is 4.79 Å². The van der Waals surface area contributed by atoms with Gasteiger partial charge in [0.2, 0.25) is 0 Å². The van der Waals surface area contributed by atoms with E-state index in [1.807, 2.05) is 56.3 Å². The van der Waals surface area contributed by atoms with Gasteiger partial charge in [0, 0.05) is 16.7 Å². The Bertz CT molecular complexity index is 825. The number of Topliss-reactive ketones (excluding diaryl/α,β-unsaturated/α-hetero) is 1. The first-order chi connectivity index (χ1) is 11.8. The lowest BCUT2D eigenvalue weighted by atomic mass is 9.84. The molecule has 0 bridgehead atoms. The first kappa shape index (κ1) is 17.4. The van der Waals surface area contributed by atoms with E-state index in [1.165, 1.54) is 6.92 Å². The molecule has 2 aromatic carbocycles. The molecule has 0 saturated carbocycles. The van der Waals surface area contributed by atoms with Crippen LogP contribution in [0.15, 0.2) is 42.5 Å². The zero-order chi connectivity index (χ0) is 18.2. The number of fused-ring (bicyclic) bond motifs is 1. The summed E-state index contributed by atoms with van der Waals surface area (Å²) in [6.07, 6.45) is 3.03. The van der Waals surface area contributed by atoms with E-state index in [9.17, 15) is 9.90 Å². The van der Waals surface area contributed by atoms with Gasteiger partial charge in [0.25, 0.3) is 0 Å². The third kappa shape index (κ3) is 3.36. The average Bonchev–Trinajstić information content (AvgIpc) is 2.58. The Hall–Kier alpha value is -2.43. The van der Waals surface area contributed by atoms with Crippen LogP contribution in [0.2, 0.25) is 0 Å². The van der Waals surface area contributed by atoms with Crippen LogP contribution in [0, 0.1) is 0 Å². The van der Waals surface area contributed by atoms with Crippen molar-refractivity contribution >= 4 is 17.9 Å². The van der Waals surface area contributed by atoms with Crippen molar-refractivity contribution in [2.75, 3.05) is 0 Å². The highest BCUT2D eigenvalue weighted by Crippen LogP contribution is 2.42. The number of ether oxygens (including phenoxy) is 1. The Morgan fingerprint density at radius 2 is 1.88 bits per heavy atom. The summed E-state index contributed by atoms with van der Waals surface area (Å²) in [5, 5.41) is 10.4. The number of benzene rings is 2. The van der Waals surface area contributed by atoms with E-state index in [2.05, 4.69) is 0 Å². The molecule has 3 rings (SSSR count). The van der Waals surface area contributed by atoms with E-state index in [0.29, 0.717) is 16.9 Å². The number of carbonyl (C=O) groups is 1. The van der Waals surface area contributed by atoms with Crippen LogP contribution in [-0.4, -0.2) is 22.6 Å². The minimum absolute atomic E-state index is 0.0521. The molecule has 0 radical (unpaired) electrons. The number of carbonyl (C=O) groups excluding carboxylic acids is 1. The normalized spacial score (nSPS) is 21.6. The summed E-state index contributed by atoms with van der Waals surface area (Å²) >= 11 is 0. The monoisotopic (exact) mass is 337 g/mol. The van der Waals surface area contributed by atoms with Gasteiger partial charge < -0.3 is 15.6 Å². The van der Waals surface area contributed by atoms with Crippen molar-refractivity contribution in [3.05, 3.63) is 64.7 Å². The zero-order valence-electron chi connectivity index (χ0n) is 14.7. The molecular weight excluding hydrogens is 314 g/mol. The Balaban J connectivity index is 2.13. The second-order valence-corrected chi connectivity index (χ2v) is 6.96. The molecule has 1 aliphatic heterocycles. The second kappa shape index (κ2) is 6.47. The molecule has 2 aromatic rings. The van der Waals surface area contributed by atoms with Gasteiger partial charge in [-0.05, 0) is 38.5 Å². The third-order valence-corrected chi connectivity index (χ3v) is 4.58. The molecule has 1 heterocycles. The Morgan fingerprint density at radius 3 is 2.52 bits per heavy atom. The van der Waals surface area contributed by atoms with E-state index in [1.54, 1.807) is 12.1 Å². The molecule has 0 saturated heterocycles. The molecule has 0 spiro atoms. The van der Waals surface area contributed by atoms with Gasteiger partial charge in [0.1, 0.15) is 17.5 Å². The molecule has 0 aromatic heterocycles. The van der Waals surface area contributed by atoms with E-state index in [4.69, 9.17) is 10.5 Å². The highest BCUT2D eigenvalue weighted by molar-refractivity contribution is 5.95. The molecule has 4 heteroatoms. The molecule has 4 nitrogen and oxygen atoms in total. The van der Waals surface area contributed by atoms with Gasteiger partial charge >= 0.3 is 0 Å². The van der Waals surface area contributed by atoms with Crippen LogP contribution in [-0.2, 0) is 0 Å².